The van der Waals surface area contributed by atoms with Crippen molar-refractivity contribution in [1.29, 1.82) is 0 Å². The van der Waals surface area contributed by atoms with Gasteiger partial charge in [0.25, 0.3) is 0 Å². The highest BCUT2D eigenvalue weighted by atomic mass is 32.2. The van der Waals surface area contributed by atoms with Gasteiger partial charge in [-0.3, -0.25) is 4.98 Å². The molecule has 0 spiro atoms. The van der Waals surface area contributed by atoms with Crippen LogP contribution in [0, 0.1) is 0 Å². The lowest BCUT2D eigenvalue weighted by atomic mass is 10.2. The minimum absolute atomic E-state index is 0.912. The van der Waals surface area contributed by atoms with E-state index in [0.717, 1.165) is 17.0 Å². The van der Waals surface area contributed by atoms with Crippen molar-refractivity contribution in [2.24, 2.45) is 0 Å². The Morgan fingerprint density at radius 2 is 1.56 bits per heavy atom. The first kappa shape index (κ1) is 11.3. The summed E-state index contributed by atoms with van der Waals surface area (Å²) in [5.74, 6) is 0.912. The van der Waals surface area contributed by atoms with Crippen LogP contribution >= 0.6 is 11.8 Å². The van der Waals surface area contributed by atoms with Gasteiger partial charge in [0.15, 0.2) is 0 Å². The fourth-order valence-corrected chi connectivity index (χ4v) is 2.69. The number of rotatable bonds is 3. The molecule has 3 aromatic rings. The van der Waals surface area contributed by atoms with Crippen LogP contribution in [0.5, 0.6) is 0 Å². The summed E-state index contributed by atoms with van der Waals surface area (Å²) in [4.78, 5) is 5.95. The van der Waals surface area contributed by atoms with Crippen molar-refractivity contribution in [3.05, 3.63) is 72.4 Å². The van der Waals surface area contributed by atoms with Crippen LogP contribution in [-0.2, 0) is 5.75 Å². The molecule has 0 bridgehead atoms. The standard InChI is InChI=1S/C16H13NS/c1-2-7-15(8-3-1)18-12-14-11-10-13-6-4-5-9-16(13)17-14/h1-11H,12H2. The van der Waals surface area contributed by atoms with E-state index >= 15 is 0 Å². The summed E-state index contributed by atoms with van der Waals surface area (Å²) in [7, 11) is 0. The second-order valence-electron chi connectivity index (χ2n) is 4.10. The maximum Gasteiger partial charge on any atom is 0.0705 e. The Hall–Kier alpha value is -1.80. The molecule has 0 saturated carbocycles. The number of pyridine rings is 1. The molecule has 2 heteroatoms. The smallest absolute Gasteiger partial charge is 0.0705 e. The number of thioether (sulfide) groups is 1. The third kappa shape index (κ3) is 2.54. The molecule has 0 atom stereocenters. The largest absolute Gasteiger partial charge is 0.252 e. The Morgan fingerprint density at radius 1 is 0.778 bits per heavy atom. The minimum Gasteiger partial charge on any atom is -0.252 e. The Balaban J connectivity index is 1.79. The monoisotopic (exact) mass is 251 g/mol. The fraction of sp³-hybridized carbons (Fsp3) is 0.0625. The zero-order valence-electron chi connectivity index (χ0n) is 9.91. The highest BCUT2D eigenvalue weighted by Gasteiger charge is 1.99. The molecule has 3 rings (SSSR count). The first-order valence-electron chi connectivity index (χ1n) is 5.94. The molecular formula is C16H13NS. The topological polar surface area (TPSA) is 12.9 Å². The van der Waals surface area contributed by atoms with E-state index in [1.807, 2.05) is 30.0 Å². The number of para-hydroxylation sites is 1. The number of fused-ring (bicyclic) bond motifs is 1. The zero-order valence-corrected chi connectivity index (χ0v) is 10.7. The number of benzene rings is 2. The quantitative estimate of drug-likeness (QED) is 0.634. The molecule has 88 valence electrons. The van der Waals surface area contributed by atoms with Gasteiger partial charge < -0.3 is 0 Å². The summed E-state index contributed by atoms with van der Waals surface area (Å²) in [6.45, 7) is 0. The second-order valence-corrected chi connectivity index (χ2v) is 5.15. The Kier molecular flexibility index (Phi) is 3.29. The van der Waals surface area contributed by atoms with Gasteiger partial charge in [-0.2, -0.15) is 0 Å². The molecular weight excluding hydrogens is 238 g/mol. The van der Waals surface area contributed by atoms with E-state index in [-0.39, 0.29) is 0 Å². The normalized spacial score (nSPS) is 10.7. The molecule has 0 aliphatic carbocycles. The Labute approximate surface area is 111 Å². The van der Waals surface area contributed by atoms with E-state index in [4.69, 9.17) is 0 Å². The maximum absolute atomic E-state index is 4.67. The lowest BCUT2D eigenvalue weighted by Crippen LogP contribution is -1.87. The van der Waals surface area contributed by atoms with Crippen LogP contribution in [0.3, 0.4) is 0 Å². The first-order chi connectivity index (χ1) is 8.92. The average molecular weight is 251 g/mol. The molecule has 1 aromatic heterocycles. The fourth-order valence-electron chi connectivity index (χ4n) is 1.86. The van der Waals surface area contributed by atoms with Gasteiger partial charge in [0, 0.05) is 16.0 Å². The maximum atomic E-state index is 4.67. The molecule has 0 N–H and O–H groups in total. The van der Waals surface area contributed by atoms with Crippen molar-refractivity contribution in [2.75, 3.05) is 0 Å². The van der Waals surface area contributed by atoms with Crippen LogP contribution in [0.4, 0.5) is 0 Å². The van der Waals surface area contributed by atoms with Gasteiger partial charge in [0.1, 0.15) is 0 Å². The van der Waals surface area contributed by atoms with Gasteiger partial charge in [-0.25, -0.2) is 0 Å². The minimum atomic E-state index is 0.912. The van der Waals surface area contributed by atoms with Crippen LogP contribution in [0.15, 0.2) is 71.6 Å². The van der Waals surface area contributed by atoms with Crippen LogP contribution < -0.4 is 0 Å². The Bertz CT molecular complexity index is 649. The van der Waals surface area contributed by atoms with Gasteiger partial charge in [0.2, 0.25) is 0 Å². The van der Waals surface area contributed by atoms with Crippen molar-refractivity contribution in [3.8, 4) is 0 Å². The summed E-state index contributed by atoms with van der Waals surface area (Å²) >= 11 is 1.82. The molecule has 18 heavy (non-hydrogen) atoms. The number of nitrogens with zero attached hydrogens (tertiary/aromatic N) is 1. The first-order valence-corrected chi connectivity index (χ1v) is 6.93. The van der Waals surface area contributed by atoms with E-state index in [0.29, 0.717) is 0 Å². The van der Waals surface area contributed by atoms with Crippen molar-refractivity contribution in [1.82, 2.24) is 4.98 Å². The van der Waals surface area contributed by atoms with E-state index < -0.39 is 0 Å². The van der Waals surface area contributed by atoms with Crippen molar-refractivity contribution >= 4 is 22.7 Å². The van der Waals surface area contributed by atoms with Gasteiger partial charge >= 0.3 is 0 Å². The highest BCUT2D eigenvalue weighted by molar-refractivity contribution is 7.98. The van der Waals surface area contributed by atoms with Crippen LogP contribution in [-0.4, -0.2) is 4.98 Å². The predicted octanol–water partition coefficient (Wildman–Crippen LogP) is 4.53. The van der Waals surface area contributed by atoms with E-state index in [2.05, 4.69) is 53.5 Å². The average Bonchev–Trinajstić information content (AvgIpc) is 2.46. The van der Waals surface area contributed by atoms with Crippen LogP contribution in [0.25, 0.3) is 10.9 Å². The second kappa shape index (κ2) is 5.23. The van der Waals surface area contributed by atoms with E-state index in [1.54, 1.807) is 0 Å². The highest BCUT2D eigenvalue weighted by Crippen LogP contribution is 2.22. The molecule has 0 fully saturated rings. The lowest BCUT2D eigenvalue weighted by Gasteiger charge is -2.03. The predicted molar refractivity (Wildman–Crippen MR) is 77.7 cm³/mol. The van der Waals surface area contributed by atoms with Crippen molar-refractivity contribution in [2.45, 2.75) is 10.6 Å². The Morgan fingerprint density at radius 3 is 2.44 bits per heavy atom. The molecule has 2 aromatic carbocycles. The summed E-state index contributed by atoms with van der Waals surface area (Å²) < 4.78 is 0. The van der Waals surface area contributed by atoms with Gasteiger partial charge in [-0.1, -0.05) is 42.5 Å². The van der Waals surface area contributed by atoms with E-state index in [9.17, 15) is 0 Å². The molecule has 0 saturated heterocycles. The molecule has 0 radical (unpaired) electrons. The number of aromatic nitrogens is 1. The van der Waals surface area contributed by atoms with Gasteiger partial charge in [0.05, 0.1) is 11.2 Å². The molecule has 0 aliphatic heterocycles. The summed E-state index contributed by atoms with van der Waals surface area (Å²) in [6.07, 6.45) is 0. The zero-order chi connectivity index (χ0) is 12.2. The summed E-state index contributed by atoms with van der Waals surface area (Å²) in [5, 5.41) is 1.20. The third-order valence-corrected chi connectivity index (χ3v) is 3.83. The van der Waals surface area contributed by atoms with Crippen molar-refractivity contribution in [3.63, 3.8) is 0 Å². The van der Waals surface area contributed by atoms with E-state index in [1.165, 1.54) is 10.3 Å². The SMILES string of the molecule is c1ccc(SCc2ccc3ccccc3n2)cc1. The molecule has 0 aliphatic rings. The molecule has 1 nitrogen and oxygen atoms in total. The summed E-state index contributed by atoms with van der Waals surface area (Å²) in [5.41, 5.74) is 2.20. The van der Waals surface area contributed by atoms with Gasteiger partial charge in [-0.05, 0) is 24.3 Å². The van der Waals surface area contributed by atoms with Gasteiger partial charge in [-0.15, -0.1) is 11.8 Å². The van der Waals surface area contributed by atoms with Crippen LogP contribution in [0.1, 0.15) is 5.69 Å². The number of hydrogen-bond donors (Lipinski definition) is 0. The molecule has 1 heterocycles. The molecule has 0 amide bonds. The molecule has 0 unspecified atom stereocenters. The lowest BCUT2D eigenvalue weighted by molar-refractivity contribution is 1.22. The third-order valence-electron chi connectivity index (χ3n) is 2.79. The summed E-state index contributed by atoms with van der Waals surface area (Å²) in [6, 6.07) is 22.9. The number of hydrogen-bond acceptors (Lipinski definition) is 2. The van der Waals surface area contributed by atoms with Crippen molar-refractivity contribution < 1.29 is 0 Å². The van der Waals surface area contributed by atoms with Crippen LogP contribution in [0.2, 0.25) is 0 Å².